The molecule has 2 aromatic carbocycles. The van der Waals surface area contributed by atoms with Crippen LogP contribution in [0.5, 0.6) is 0 Å². The van der Waals surface area contributed by atoms with E-state index in [1.807, 2.05) is 13.8 Å². The Balaban J connectivity index is 0.00000106. The summed E-state index contributed by atoms with van der Waals surface area (Å²) in [6.07, 6.45) is 1.18. The highest BCUT2D eigenvalue weighted by Crippen LogP contribution is 2.24. The molecule has 0 saturated heterocycles. The first-order valence-electron chi connectivity index (χ1n) is 8.09. The number of benzene rings is 2. The molecule has 1 heteroatoms. The number of rotatable bonds is 5. The number of anilines is 1. The van der Waals surface area contributed by atoms with Crippen LogP contribution in [0.15, 0.2) is 48.5 Å². The Kier molecular flexibility index (Phi) is 7.60. The molecule has 21 heavy (non-hydrogen) atoms. The lowest BCUT2D eigenvalue weighted by molar-refractivity contribution is 0.724. The fourth-order valence-corrected chi connectivity index (χ4v) is 2.36. The first kappa shape index (κ1) is 17.3. The van der Waals surface area contributed by atoms with E-state index in [-0.39, 0.29) is 0 Å². The van der Waals surface area contributed by atoms with Crippen molar-refractivity contribution in [3.63, 3.8) is 0 Å². The summed E-state index contributed by atoms with van der Waals surface area (Å²) in [6, 6.07) is 17.2. The molecule has 0 fully saturated rings. The number of hydrogen-bond donors (Lipinski definition) is 1. The molecule has 114 valence electrons. The zero-order valence-corrected chi connectivity index (χ0v) is 14.1. The van der Waals surface area contributed by atoms with Gasteiger partial charge in [0.15, 0.2) is 0 Å². The average molecular weight is 283 g/mol. The van der Waals surface area contributed by atoms with E-state index >= 15 is 0 Å². The van der Waals surface area contributed by atoms with Crippen molar-refractivity contribution in [2.24, 2.45) is 0 Å². The molecule has 0 saturated carbocycles. The van der Waals surface area contributed by atoms with Crippen LogP contribution in [0.4, 0.5) is 5.69 Å². The molecule has 0 aliphatic carbocycles. The summed E-state index contributed by atoms with van der Waals surface area (Å²) in [4.78, 5) is 0. The normalized spacial score (nSPS) is 11.3. The van der Waals surface area contributed by atoms with Gasteiger partial charge in [0.1, 0.15) is 0 Å². The maximum Gasteiger partial charge on any atom is 0.0403 e. The molecule has 0 heterocycles. The van der Waals surface area contributed by atoms with Gasteiger partial charge in [0, 0.05) is 12.2 Å². The molecule has 1 unspecified atom stereocenters. The molecule has 2 rings (SSSR count). The summed E-state index contributed by atoms with van der Waals surface area (Å²) >= 11 is 0. The van der Waals surface area contributed by atoms with E-state index in [0.717, 1.165) is 6.54 Å². The first-order valence-corrected chi connectivity index (χ1v) is 8.09. The smallest absolute Gasteiger partial charge is 0.0403 e. The number of aryl methyl sites for hydroxylation is 1. The van der Waals surface area contributed by atoms with Gasteiger partial charge in [-0.15, -0.1) is 0 Å². The molecule has 1 nitrogen and oxygen atoms in total. The summed E-state index contributed by atoms with van der Waals surface area (Å²) in [6.45, 7) is 11.6. The van der Waals surface area contributed by atoms with Gasteiger partial charge in [0.2, 0.25) is 0 Å². The van der Waals surface area contributed by atoms with Crippen molar-refractivity contribution in [2.45, 2.75) is 53.5 Å². The van der Waals surface area contributed by atoms with Crippen LogP contribution in [-0.2, 0) is 6.54 Å². The number of nitrogens with one attached hydrogen (secondary N) is 1. The van der Waals surface area contributed by atoms with Gasteiger partial charge in [-0.3, -0.25) is 0 Å². The molecule has 0 amide bonds. The molecular formula is C20H29N. The Morgan fingerprint density at radius 3 is 2.24 bits per heavy atom. The molecule has 1 atom stereocenters. The topological polar surface area (TPSA) is 12.0 Å². The van der Waals surface area contributed by atoms with Gasteiger partial charge < -0.3 is 5.32 Å². The Bertz CT molecular complexity index is 531. The Morgan fingerprint density at radius 1 is 0.952 bits per heavy atom. The maximum atomic E-state index is 3.55. The fourth-order valence-electron chi connectivity index (χ4n) is 2.36. The van der Waals surface area contributed by atoms with Gasteiger partial charge in [-0.05, 0) is 42.0 Å². The zero-order chi connectivity index (χ0) is 15.7. The van der Waals surface area contributed by atoms with Crippen molar-refractivity contribution in [1.29, 1.82) is 0 Å². The van der Waals surface area contributed by atoms with Gasteiger partial charge in [-0.25, -0.2) is 0 Å². The van der Waals surface area contributed by atoms with Crippen LogP contribution in [0, 0.1) is 6.92 Å². The van der Waals surface area contributed by atoms with E-state index in [1.165, 1.54) is 28.8 Å². The summed E-state index contributed by atoms with van der Waals surface area (Å²) in [7, 11) is 0. The van der Waals surface area contributed by atoms with E-state index in [9.17, 15) is 0 Å². The molecule has 1 N–H and O–H groups in total. The second-order valence-electron chi connectivity index (χ2n) is 5.18. The minimum atomic E-state index is 0.620. The highest BCUT2D eigenvalue weighted by Gasteiger charge is 2.08. The lowest BCUT2D eigenvalue weighted by atomic mass is 9.93. The minimum Gasteiger partial charge on any atom is -0.381 e. The van der Waals surface area contributed by atoms with E-state index in [4.69, 9.17) is 0 Å². The zero-order valence-electron chi connectivity index (χ0n) is 14.1. The molecule has 0 bridgehead atoms. The van der Waals surface area contributed by atoms with Crippen molar-refractivity contribution < 1.29 is 0 Å². The van der Waals surface area contributed by atoms with Gasteiger partial charge in [0.25, 0.3) is 0 Å². The molecule has 0 radical (unpaired) electrons. The summed E-state index contributed by atoms with van der Waals surface area (Å²) in [5.41, 5.74) is 5.39. The van der Waals surface area contributed by atoms with Crippen LogP contribution in [0.3, 0.4) is 0 Å². The van der Waals surface area contributed by atoms with Gasteiger partial charge in [0.05, 0.1) is 0 Å². The van der Waals surface area contributed by atoms with Crippen LogP contribution < -0.4 is 5.32 Å². The SMILES string of the molecule is CC.CCC(C)c1ccccc1CNc1ccccc1C. The Labute approximate surface area is 130 Å². The van der Waals surface area contributed by atoms with E-state index < -0.39 is 0 Å². The molecule has 0 aromatic heterocycles. The molecule has 0 aliphatic heterocycles. The van der Waals surface area contributed by atoms with Crippen LogP contribution in [0.2, 0.25) is 0 Å². The Hall–Kier alpha value is -1.76. The van der Waals surface area contributed by atoms with Gasteiger partial charge in [-0.2, -0.15) is 0 Å². The quantitative estimate of drug-likeness (QED) is 0.694. The predicted octanol–water partition coefficient (Wildman–Crippen LogP) is 6.15. The third-order valence-electron chi connectivity index (χ3n) is 3.81. The highest BCUT2D eigenvalue weighted by atomic mass is 14.9. The second-order valence-corrected chi connectivity index (χ2v) is 5.18. The van der Waals surface area contributed by atoms with Crippen molar-refractivity contribution >= 4 is 5.69 Å². The van der Waals surface area contributed by atoms with Crippen molar-refractivity contribution in [2.75, 3.05) is 5.32 Å². The second kappa shape index (κ2) is 9.23. The maximum absolute atomic E-state index is 3.55. The Morgan fingerprint density at radius 2 is 1.57 bits per heavy atom. The van der Waals surface area contributed by atoms with E-state index in [2.05, 4.69) is 74.6 Å². The fraction of sp³-hybridized carbons (Fsp3) is 0.400. The number of hydrogen-bond acceptors (Lipinski definition) is 1. The lowest BCUT2D eigenvalue weighted by Crippen LogP contribution is -2.05. The van der Waals surface area contributed by atoms with Crippen LogP contribution >= 0.6 is 0 Å². The summed E-state index contributed by atoms with van der Waals surface area (Å²) in [5.74, 6) is 0.620. The predicted molar refractivity (Wildman–Crippen MR) is 95.0 cm³/mol. The average Bonchev–Trinajstić information content (AvgIpc) is 2.55. The summed E-state index contributed by atoms with van der Waals surface area (Å²) < 4.78 is 0. The largest absolute Gasteiger partial charge is 0.381 e. The lowest BCUT2D eigenvalue weighted by Gasteiger charge is -2.16. The van der Waals surface area contributed by atoms with E-state index in [1.54, 1.807) is 0 Å². The third kappa shape index (κ3) is 4.93. The molecular weight excluding hydrogens is 254 g/mol. The van der Waals surface area contributed by atoms with Crippen molar-refractivity contribution in [3.8, 4) is 0 Å². The van der Waals surface area contributed by atoms with Crippen LogP contribution in [0.1, 0.15) is 56.7 Å². The first-order chi connectivity index (χ1) is 10.2. The van der Waals surface area contributed by atoms with Crippen molar-refractivity contribution in [1.82, 2.24) is 0 Å². The highest BCUT2D eigenvalue weighted by molar-refractivity contribution is 5.51. The minimum absolute atomic E-state index is 0.620. The standard InChI is InChI=1S/C18H23N.C2H6/c1-4-14(2)17-11-7-6-10-16(17)13-19-18-12-8-5-9-15(18)3;1-2/h5-12,14,19H,4,13H2,1-3H3;1-2H3. The van der Waals surface area contributed by atoms with Crippen LogP contribution in [0.25, 0.3) is 0 Å². The third-order valence-corrected chi connectivity index (χ3v) is 3.81. The number of para-hydroxylation sites is 1. The summed E-state index contributed by atoms with van der Waals surface area (Å²) in [5, 5.41) is 3.55. The molecule has 0 spiro atoms. The van der Waals surface area contributed by atoms with Crippen molar-refractivity contribution in [3.05, 3.63) is 65.2 Å². The van der Waals surface area contributed by atoms with Gasteiger partial charge in [-0.1, -0.05) is 70.2 Å². The monoisotopic (exact) mass is 283 g/mol. The van der Waals surface area contributed by atoms with E-state index in [0.29, 0.717) is 5.92 Å². The molecule has 0 aliphatic rings. The molecule has 2 aromatic rings. The van der Waals surface area contributed by atoms with Crippen LogP contribution in [-0.4, -0.2) is 0 Å². The van der Waals surface area contributed by atoms with Gasteiger partial charge >= 0.3 is 0 Å².